The average Bonchev–Trinajstić information content (AvgIpc) is 2.57. The average molecular weight is 296 g/mol. The first-order valence-corrected chi connectivity index (χ1v) is 8.44. The number of hydrogen-bond acceptors (Lipinski definition) is 2. The van der Waals surface area contributed by atoms with E-state index in [-0.39, 0.29) is 6.04 Å². The summed E-state index contributed by atoms with van der Waals surface area (Å²) in [6.07, 6.45) is 5.98. The minimum Gasteiger partial charge on any atom is -0.378 e. The van der Waals surface area contributed by atoms with Crippen molar-refractivity contribution in [2.75, 3.05) is 11.9 Å². The van der Waals surface area contributed by atoms with Gasteiger partial charge in [-0.2, -0.15) is 0 Å². The number of nitrogens with two attached hydrogens (primary N) is 1. The van der Waals surface area contributed by atoms with Gasteiger partial charge in [-0.15, -0.1) is 0 Å². The van der Waals surface area contributed by atoms with Crippen LogP contribution in [0.3, 0.4) is 0 Å². The SMILES string of the molecule is CCCCCc1ccc(NC(CCN)c2ccccc2)cc1. The molecule has 118 valence electrons. The van der Waals surface area contributed by atoms with Crippen LogP contribution in [0.25, 0.3) is 0 Å². The van der Waals surface area contributed by atoms with Gasteiger partial charge in [0.25, 0.3) is 0 Å². The lowest BCUT2D eigenvalue weighted by atomic mass is 10.0. The first-order valence-electron chi connectivity index (χ1n) is 8.44. The lowest BCUT2D eigenvalue weighted by Crippen LogP contribution is -2.15. The molecule has 0 aromatic heterocycles. The first kappa shape index (κ1) is 16.6. The summed E-state index contributed by atoms with van der Waals surface area (Å²) >= 11 is 0. The Bertz CT molecular complexity index is 519. The molecular formula is C20H28N2. The van der Waals surface area contributed by atoms with Crippen LogP contribution in [0.4, 0.5) is 5.69 Å². The summed E-state index contributed by atoms with van der Waals surface area (Å²) in [7, 11) is 0. The predicted molar refractivity (Wildman–Crippen MR) is 96.1 cm³/mol. The third kappa shape index (κ3) is 5.19. The normalized spacial score (nSPS) is 12.1. The second kappa shape index (κ2) is 9.26. The van der Waals surface area contributed by atoms with Crippen LogP contribution in [0.1, 0.15) is 49.8 Å². The number of anilines is 1. The van der Waals surface area contributed by atoms with E-state index >= 15 is 0 Å². The number of aryl methyl sites for hydroxylation is 1. The van der Waals surface area contributed by atoms with E-state index in [9.17, 15) is 0 Å². The van der Waals surface area contributed by atoms with E-state index < -0.39 is 0 Å². The Kier molecular flexibility index (Phi) is 6.98. The fraction of sp³-hybridized carbons (Fsp3) is 0.400. The summed E-state index contributed by atoms with van der Waals surface area (Å²) in [5.74, 6) is 0. The van der Waals surface area contributed by atoms with Gasteiger partial charge in [-0.3, -0.25) is 0 Å². The molecule has 1 atom stereocenters. The Morgan fingerprint density at radius 3 is 2.32 bits per heavy atom. The maximum atomic E-state index is 5.77. The fourth-order valence-corrected chi connectivity index (χ4v) is 2.72. The molecule has 0 bridgehead atoms. The molecule has 0 aliphatic carbocycles. The van der Waals surface area contributed by atoms with Crippen molar-refractivity contribution in [3.05, 3.63) is 65.7 Å². The van der Waals surface area contributed by atoms with Gasteiger partial charge in [0.05, 0.1) is 6.04 Å². The molecule has 0 saturated carbocycles. The fourth-order valence-electron chi connectivity index (χ4n) is 2.72. The highest BCUT2D eigenvalue weighted by atomic mass is 14.9. The highest BCUT2D eigenvalue weighted by Gasteiger charge is 2.09. The van der Waals surface area contributed by atoms with Gasteiger partial charge in [0, 0.05) is 5.69 Å². The first-order chi connectivity index (χ1) is 10.8. The lowest BCUT2D eigenvalue weighted by Gasteiger charge is -2.20. The van der Waals surface area contributed by atoms with Crippen LogP contribution in [-0.2, 0) is 6.42 Å². The van der Waals surface area contributed by atoms with E-state index in [0.717, 1.165) is 6.42 Å². The van der Waals surface area contributed by atoms with Crippen molar-refractivity contribution in [2.24, 2.45) is 5.73 Å². The van der Waals surface area contributed by atoms with E-state index in [4.69, 9.17) is 5.73 Å². The lowest BCUT2D eigenvalue weighted by molar-refractivity contribution is 0.703. The summed E-state index contributed by atoms with van der Waals surface area (Å²) in [6.45, 7) is 2.93. The Morgan fingerprint density at radius 1 is 0.955 bits per heavy atom. The van der Waals surface area contributed by atoms with Gasteiger partial charge in [0.15, 0.2) is 0 Å². The molecule has 0 aliphatic heterocycles. The third-order valence-electron chi connectivity index (χ3n) is 4.02. The van der Waals surface area contributed by atoms with Gasteiger partial charge in [-0.1, -0.05) is 62.2 Å². The second-order valence-corrected chi connectivity index (χ2v) is 5.84. The van der Waals surface area contributed by atoms with Gasteiger partial charge >= 0.3 is 0 Å². The maximum Gasteiger partial charge on any atom is 0.0525 e. The van der Waals surface area contributed by atoms with Crippen molar-refractivity contribution >= 4 is 5.69 Å². The Labute approximate surface area is 134 Å². The number of unbranched alkanes of at least 4 members (excludes halogenated alkanes) is 2. The molecular weight excluding hydrogens is 268 g/mol. The number of hydrogen-bond donors (Lipinski definition) is 2. The molecule has 0 amide bonds. The van der Waals surface area contributed by atoms with E-state index in [0.29, 0.717) is 6.54 Å². The molecule has 0 spiro atoms. The third-order valence-corrected chi connectivity index (χ3v) is 4.02. The van der Waals surface area contributed by atoms with E-state index in [1.165, 1.54) is 42.5 Å². The largest absolute Gasteiger partial charge is 0.378 e. The van der Waals surface area contributed by atoms with E-state index in [1.807, 2.05) is 6.07 Å². The van der Waals surface area contributed by atoms with E-state index in [2.05, 4.69) is 60.8 Å². The van der Waals surface area contributed by atoms with Gasteiger partial charge in [0.1, 0.15) is 0 Å². The number of benzene rings is 2. The standard InChI is InChI=1S/C20H28N2/c1-2-3-5-8-17-11-13-19(14-12-17)22-20(15-16-21)18-9-6-4-7-10-18/h4,6-7,9-14,20,22H,2-3,5,8,15-16,21H2,1H3. The molecule has 2 rings (SSSR count). The highest BCUT2D eigenvalue weighted by molar-refractivity contribution is 5.47. The zero-order valence-electron chi connectivity index (χ0n) is 13.6. The molecule has 3 N–H and O–H groups in total. The Hall–Kier alpha value is -1.80. The minimum absolute atomic E-state index is 0.275. The van der Waals surface area contributed by atoms with Crippen LogP contribution < -0.4 is 11.1 Å². The molecule has 2 aromatic carbocycles. The van der Waals surface area contributed by atoms with Gasteiger partial charge in [-0.05, 0) is 49.1 Å². The zero-order chi connectivity index (χ0) is 15.6. The molecule has 0 radical (unpaired) electrons. The molecule has 0 fully saturated rings. The zero-order valence-corrected chi connectivity index (χ0v) is 13.6. The quantitative estimate of drug-likeness (QED) is 0.644. The molecule has 22 heavy (non-hydrogen) atoms. The van der Waals surface area contributed by atoms with Gasteiger partial charge in [0.2, 0.25) is 0 Å². The summed E-state index contributed by atoms with van der Waals surface area (Å²) in [5, 5.41) is 3.61. The molecule has 2 aromatic rings. The van der Waals surface area contributed by atoms with Gasteiger partial charge in [-0.25, -0.2) is 0 Å². The molecule has 0 heterocycles. The smallest absolute Gasteiger partial charge is 0.0525 e. The molecule has 0 aliphatic rings. The minimum atomic E-state index is 0.275. The second-order valence-electron chi connectivity index (χ2n) is 5.84. The topological polar surface area (TPSA) is 38.0 Å². The Morgan fingerprint density at radius 2 is 1.68 bits per heavy atom. The molecule has 0 saturated heterocycles. The van der Waals surface area contributed by atoms with Crippen molar-refractivity contribution < 1.29 is 0 Å². The summed E-state index contributed by atoms with van der Waals surface area (Å²) in [5.41, 5.74) is 9.66. The van der Waals surface area contributed by atoms with Crippen LogP contribution in [0.15, 0.2) is 54.6 Å². The van der Waals surface area contributed by atoms with Gasteiger partial charge < -0.3 is 11.1 Å². The molecule has 1 unspecified atom stereocenters. The van der Waals surface area contributed by atoms with Crippen molar-refractivity contribution in [3.63, 3.8) is 0 Å². The molecule has 2 heteroatoms. The van der Waals surface area contributed by atoms with Crippen LogP contribution >= 0.6 is 0 Å². The number of nitrogens with one attached hydrogen (secondary N) is 1. The van der Waals surface area contributed by atoms with Crippen LogP contribution in [0.5, 0.6) is 0 Å². The van der Waals surface area contributed by atoms with Crippen molar-refractivity contribution in [1.82, 2.24) is 0 Å². The van der Waals surface area contributed by atoms with Crippen molar-refractivity contribution in [1.29, 1.82) is 0 Å². The maximum absolute atomic E-state index is 5.77. The van der Waals surface area contributed by atoms with Crippen molar-refractivity contribution in [3.8, 4) is 0 Å². The number of rotatable bonds is 9. The Balaban J connectivity index is 1.98. The van der Waals surface area contributed by atoms with Crippen molar-refractivity contribution in [2.45, 2.75) is 45.1 Å². The molecule has 2 nitrogen and oxygen atoms in total. The van der Waals surface area contributed by atoms with Crippen LogP contribution in [0, 0.1) is 0 Å². The monoisotopic (exact) mass is 296 g/mol. The van der Waals surface area contributed by atoms with Crippen LogP contribution in [-0.4, -0.2) is 6.54 Å². The summed E-state index contributed by atoms with van der Waals surface area (Å²) in [4.78, 5) is 0. The van der Waals surface area contributed by atoms with E-state index in [1.54, 1.807) is 0 Å². The van der Waals surface area contributed by atoms with Crippen LogP contribution in [0.2, 0.25) is 0 Å². The predicted octanol–water partition coefficient (Wildman–Crippen LogP) is 4.92. The summed E-state index contributed by atoms with van der Waals surface area (Å²) < 4.78 is 0. The summed E-state index contributed by atoms with van der Waals surface area (Å²) in [6, 6.07) is 19.7. The highest BCUT2D eigenvalue weighted by Crippen LogP contribution is 2.22.